The van der Waals surface area contributed by atoms with E-state index in [0.717, 1.165) is 77.6 Å². The highest BCUT2D eigenvalue weighted by molar-refractivity contribution is 6.27. The Kier molecular flexibility index (Phi) is 5.57. The molecule has 0 aliphatic carbocycles. The number of fused-ring (bicyclic) bond motifs is 3. The van der Waals surface area contributed by atoms with Gasteiger partial charge in [0, 0.05) is 68.2 Å². The number of benzene rings is 8. The van der Waals surface area contributed by atoms with Crippen molar-refractivity contribution in [2.45, 2.75) is 0 Å². The summed E-state index contributed by atoms with van der Waals surface area (Å²) < 4.78 is 12.1. The fraction of sp³-hybridized carbons (Fsp3) is 0. The summed E-state index contributed by atoms with van der Waals surface area (Å²) in [4.78, 5) is 8.90. The lowest BCUT2D eigenvalue weighted by atomic mass is 9.98. The number of aromatic nitrogens is 4. The molecule has 0 radical (unpaired) electrons. The van der Waals surface area contributed by atoms with E-state index in [1.165, 1.54) is 43.1 Å². The van der Waals surface area contributed by atoms with Crippen molar-refractivity contribution >= 4 is 87.1 Å². The van der Waals surface area contributed by atoms with Crippen LogP contribution in [-0.2, 0) is 0 Å². The second kappa shape index (κ2) is 10.6. The molecule has 0 saturated heterocycles. The van der Waals surface area contributed by atoms with Gasteiger partial charge >= 0.3 is 0 Å². The minimum atomic E-state index is 0.860. The van der Waals surface area contributed by atoms with Crippen molar-refractivity contribution in [3.63, 3.8) is 0 Å². The van der Waals surface area contributed by atoms with Gasteiger partial charge in [-0.2, -0.15) is 0 Å². The van der Waals surface area contributed by atoms with Gasteiger partial charge in [0.2, 0.25) is 0 Å². The molecule has 5 nitrogen and oxygen atoms in total. The van der Waals surface area contributed by atoms with Crippen molar-refractivity contribution < 1.29 is 4.42 Å². The van der Waals surface area contributed by atoms with Gasteiger partial charge in [-0.1, -0.05) is 84.9 Å². The van der Waals surface area contributed by atoms with Crippen LogP contribution in [0.3, 0.4) is 0 Å². The number of nitrogens with zero attached hydrogens (tertiary/aromatic N) is 4. The molecule has 8 aromatic carbocycles. The first kappa shape index (κ1) is 29.0. The molecule has 0 spiro atoms. The third kappa shape index (κ3) is 3.86. The summed E-state index contributed by atoms with van der Waals surface area (Å²) in [5, 5.41) is 12.1. The molecule has 0 atom stereocenters. The molecule has 0 saturated carbocycles. The van der Waals surface area contributed by atoms with Gasteiger partial charge in [0.05, 0.1) is 33.4 Å². The van der Waals surface area contributed by atoms with E-state index in [-0.39, 0.29) is 0 Å². The molecule has 0 N–H and O–H groups in total. The van der Waals surface area contributed by atoms with E-state index in [1.807, 2.05) is 36.9 Å². The molecule has 0 aliphatic heterocycles. The Morgan fingerprint density at radius 1 is 0.364 bits per heavy atom. The predicted molar refractivity (Wildman–Crippen MR) is 226 cm³/mol. The van der Waals surface area contributed by atoms with Gasteiger partial charge in [0.1, 0.15) is 0 Å². The van der Waals surface area contributed by atoms with Crippen LogP contribution >= 0.6 is 0 Å². The zero-order chi connectivity index (χ0) is 35.8. The zero-order valence-electron chi connectivity index (χ0n) is 29.4. The first-order chi connectivity index (χ1) is 27.3. The number of rotatable bonds is 4. The molecule has 0 amide bonds. The fourth-order valence-electron chi connectivity index (χ4n) is 9.45. The Bertz CT molecular complexity index is 3410. The van der Waals surface area contributed by atoms with E-state index in [9.17, 15) is 0 Å². The lowest BCUT2D eigenvalue weighted by Crippen LogP contribution is -1.95. The van der Waals surface area contributed by atoms with Gasteiger partial charge in [0.25, 0.3) is 0 Å². The van der Waals surface area contributed by atoms with Crippen LogP contribution in [0.25, 0.3) is 121 Å². The molecule has 5 aromatic heterocycles. The average Bonchev–Trinajstić information content (AvgIpc) is 3.91. The Morgan fingerprint density at radius 2 is 0.818 bits per heavy atom. The topological polar surface area (TPSA) is 48.8 Å². The second-order valence-electron chi connectivity index (χ2n) is 14.6. The van der Waals surface area contributed by atoms with Crippen molar-refractivity contribution in [1.29, 1.82) is 0 Å². The van der Waals surface area contributed by atoms with Gasteiger partial charge in [-0.3, -0.25) is 9.97 Å². The quantitative estimate of drug-likeness (QED) is 0.172. The molecule has 0 bridgehead atoms. The van der Waals surface area contributed by atoms with Crippen LogP contribution in [0.5, 0.6) is 0 Å². The number of pyridine rings is 2. The summed E-state index contributed by atoms with van der Waals surface area (Å²) in [5.41, 5.74) is 12.8. The third-order valence-corrected chi connectivity index (χ3v) is 11.7. The van der Waals surface area contributed by atoms with Crippen LogP contribution < -0.4 is 0 Å². The predicted octanol–water partition coefficient (Wildman–Crippen LogP) is 13.1. The van der Waals surface area contributed by atoms with Crippen molar-refractivity contribution in [1.82, 2.24) is 19.1 Å². The molecule has 13 aromatic rings. The van der Waals surface area contributed by atoms with E-state index >= 15 is 0 Å². The lowest BCUT2D eigenvalue weighted by molar-refractivity contribution is 0.664. The van der Waals surface area contributed by atoms with Gasteiger partial charge in [-0.25, -0.2) is 0 Å². The van der Waals surface area contributed by atoms with Crippen LogP contribution in [0.2, 0.25) is 0 Å². The fourth-order valence-corrected chi connectivity index (χ4v) is 9.45. The smallest absolute Gasteiger partial charge is 0.159 e. The van der Waals surface area contributed by atoms with Crippen molar-refractivity contribution in [2.75, 3.05) is 0 Å². The minimum Gasteiger partial charge on any atom is -0.452 e. The number of para-hydroxylation sites is 2. The maximum absolute atomic E-state index is 7.25. The first-order valence-electron chi connectivity index (χ1n) is 18.6. The molecular formula is C50H28N4O. The van der Waals surface area contributed by atoms with Gasteiger partial charge in [0.15, 0.2) is 11.2 Å². The molecule has 5 heterocycles. The summed E-state index contributed by atoms with van der Waals surface area (Å²) in [7, 11) is 0. The van der Waals surface area contributed by atoms with Gasteiger partial charge in [-0.05, 0) is 93.3 Å². The Hall–Kier alpha value is -7.50. The van der Waals surface area contributed by atoms with Crippen LogP contribution in [-0.4, -0.2) is 19.1 Å². The molecule has 5 heteroatoms. The van der Waals surface area contributed by atoms with Crippen molar-refractivity contribution in [3.8, 4) is 33.6 Å². The lowest BCUT2D eigenvalue weighted by Gasteiger charge is -2.10. The van der Waals surface area contributed by atoms with E-state index in [2.05, 4.69) is 153 Å². The van der Waals surface area contributed by atoms with Crippen LogP contribution in [0.4, 0.5) is 0 Å². The number of hydrogen-bond donors (Lipinski definition) is 0. The maximum Gasteiger partial charge on any atom is 0.159 e. The molecule has 254 valence electrons. The Morgan fingerprint density at radius 3 is 1.29 bits per heavy atom. The third-order valence-electron chi connectivity index (χ3n) is 11.7. The van der Waals surface area contributed by atoms with Gasteiger partial charge in [-0.15, -0.1) is 0 Å². The SMILES string of the molecule is c1cncc(-c2cc3ccc4cccc5c4c3c(c2)n5-c2cccc3c2oc2c(-n4c5cccc6ccc7cc(-c8cccnc8)cc4c7c65)cccc23)c1. The molecule has 13 rings (SSSR count). The largest absolute Gasteiger partial charge is 0.452 e. The van der Waals surface area contributed by atoms with E-state index in [0.29, 0.717) is 0 Å². The van der Waals surface area contributed by atoms with E-state index < -0.39 is 0 Å². The molecule has 55 heavy (non-hydrogen) atoms. The summed E-state index contributed by atoms with van der Waals surface area (Å²) >= 11 is 0. The van der Waals surface area contributed by atoms with E-state index in [1.54, 1.807) is 0 Å². The maximum atomic E-state index is 7.25. The standard InChI is InChI=1S/C50H28N4O/c1-7-29-17-19-31-23-35(33-9-5-21-51-27-33)25-43-47(31)45(29)39(13-1)53(43)41-15-3-11-37-38-12-4-16-42(50(38)55-49(37)41)54-40-14-2-8-30-18-20-32-24-36(34-10-6-22-52-28-34)26-44(54)48(32)46(30)40/h1-28H. The second-order valence-corrected chi connectivity index (χ2v) is 14.6. The highest BCUT2D eigenvalue weighted by Crippen LogP contribution is 2.46. The number of hydrogen-bond acceptors (Lipinski definition) is 3. The Balaban J connectivity index is 1.13. The first-order valence-corrected chi connectivity index (χ1v) is 18.6. The van der Waals surface area contributed by atoms with Crippen molar-refractivity contribution in [3.05, 3.63) is 170 Å². The monoisotopic (exact) mass is 700 g/mol. The van der Waals surface area contributed by atoms with E-state index in [4.69, 9.17) is 4.42 Å². The highest BCUT2D eigenvalue weighted by Gasteiger charge is 2.24. The normalized spacial score (nSPS) is 12.4. The van der Waals surface area contributed by atoms with Gasteiger partial charge < -0.3 is 13.6 Å². The van der Waals surface area contributed by atoms with Crippen LogP contribution in [0.1, 0.15) is 0 Å². The summed E-state index contributed by atoms with van der Waals surface area (Å²) in [6, 6.07) is 52.8. The Labute approximate surface area is 313 Å². The summed E-state index contributed by atoms with van der Waals surface area (Å²) in [6.07, 6.45) is 7.54. The summed E-state index contributed by atoms with van der Waals surface area (Å²) in [5.74, 6) is 0. The molecule has 0 fully saturated rings. The molecular weight excluding hydrogens is 673 g/mol. The van der Waals surface area contributed by atoms with Crippen LogP contribution in [0, 0.1) is 0 Å². The zero-order valence-corrected chi connectivity index (χ0v) is 29.4. The summed E-state index contributed by atoms with van der Waals surface area (Å²) in [6.45, 7) is 0. The van der Waals surface area contributed by atoms with Crippen molar-refractivity contribution in [2.24, 2.45) is 0 Å². The molecule has 0 aliphatic rings. The molecule has 0 unspecified atom stereocenters. The highest BCUT2D eigenvalue weighted by atomic mass is 16.3. The van der Waals surface area contributed by atoms with Crippen LogP contribution in [0.15, 0.2) is 175 Å². The average molecular weight is 701 g/mol. The number of furan rings is 1. The minimum absolute atomic E-state index is 0.860.